The van der Waals surface area contributed by atoms with Crippen LogP contribution in [0.5, 0.6) is 0 Å². The lowest BCUT2D eigenvalue weighted by Gasteiger charge is -2.39. The van der Waals surface area contributed by atoms with E-state index in [1.165, 1.54) is 70.6 Å². The van der Waals surface area contributed by atoms with Gasteiger partial charge in [-0.25, -0.2) is 8.42 Å². The van der Waals surface area contributed by atoms with E-state index in [1.807, 2.05) is 38.1 Å². The van der Waals surface area contributed by atoms with Crippen molar-refractivity contribution in [1.82, 2.24) is 0 Å². The average Bonchev–Trinajstić information content (AvgIpc) is 2.84. The van der Waals surface area contributed by atoms with Crippen molar-refractivity contribution >= 4 is 37.3 Å². The van der Waals surface area contributed by atoms with Gasteiger partial charge in [0, 0.05) is 17.6 Å². The maximum Gasteiger partial charge on any atom is 0.264 e. The molecule has 36 heavy (non-hydrogen) atoms. The molecule has 1 heterocycles. The summed E-state index contributed by atoms with van der Waals surface area (Å²) in [4.78, 5) is 2.77. The predicted molar refractivity (Wildman–Crippen MR) is 158 cm³/mol. The minimum atomic E-state index is -3.63. The highest BCUT2D eigenvalue weighted by Crippen LogP contribution is 2.39. The molecule has 1 aliphatic rings. The van der Waals surface area contributed by atoms with E-state index >= 15 is 0 Å². The second kappa shape index (κ2) is 14.4. The number of halogens is 1. The second-order valence-corrected chi connectivity index (χ2v) is 13.1. The first kappa shape index (κ1) is 29.0. The molecule has 200 valence electrons. The molecule has 0 saturated heterocycles. The van der Waals surface area contributed by atoms with E-state index in [0.717, 1.165) is 46.5 Å². The van der Waals surface area contributed by atoms with E-state index < -0.39 is 10.0 Å². The van der Waals surface area contributed by atoms with Crippen molar-refractivity contribution in [2.75, 3.05) is 28.8 Å². The van der Waals surface area contributed by atoms with Gasteiger partial charge in [-0.1, -0.05) is 106 Å². The third-order valence-corrected chi connectivity index (χ3v) is 9.82. The number of hydrogen-bond donors (Lipinski definition) is 0. The highest BCUT2D eigenvalue weighted by Gasteiger charge is 2.33. The summed E-state index contributed by atoms with van der Waals surface area (Å²) in [5.41, 5.74) is 3.65. The van der Waals surface area contributed by atoms with Crippen LogP contribution in [0.3, 0.4) is 0 Å². The van der Waals surface area contributed by atoms with E-state index in [1.54, 1.807) is 10.4 Å². The van der Waals surface area contributed by atoms with Crippen LogP contribution < -0.4 is 9.21 Å². The fourth-order valence-electron chi connectivity index (χ4n) is 5.30. The molecule has 6 heteroatoms. The number of sulfonamides is 1. The normalized spacial score (nSPS) is 13.8. The quantitative estimate of drug-likeness (QED) is 0.199. The van der Waals surface area contributed by atoms with Gasteiger partial charge in [0.25, 0.3) is 10.0 Å². The molecule has 3 rings (SSSR count). The largest absolute Gasteiger partial charge is 0.368 e. The number of hydrogen-bond acceptors (Lipinski definition) is 3. The average molecular weight is 578 g/mol. The molecule has 0 bridgehead atoms. The van der Waals surface area contributed by atoms with Crippen molar-refractivity contribution in [3.8, 4) is 0 Å². The summed E-state index contributed by atoms with van der Waals surface area (Å²) < 4.78 is 29.9. The Labute approximate surface area is 228 Å². The van der Waals surface area contributed by atoms with Crippen molar-refractivity contribution in [2.45, 2.75) is 103 Å². The monoisotopic (exact) mass is 576 g/mol. The zero-order valence-corrected chi connectivity index (χ0v) is 25.0. The van der Waals surface area contributed by atoms with Crippen LogP contribution in [0.4, 0.5) is 11.4 Å². The van der Waals surface area contributed by atoms with Crippen molar-refractivity contribution in [3.63, 3.8) is 0 Å². The number of benzene rings is 2. The molecule has 0 N–H and O–H groups in total. The maximum atomic E-state index is 13.7. The first-order chi connectivity index (χ1) is 17.4. The Kier molecular flexibility index (Phi) is 11.6. The molecule has 2 aromatic carbocycles. The summed E-state index contributed by atoms with van der Waals surface area (Å²) in [5.74, 6) is 0. The Hall–Kier alpha value is -1.53. The summed E-state index contributed by atoms with van der Waals surface area (Å²) in [6, 6.07) is 11.5. The molecule has 1 aliphatic heterocycles. The summed E-state index contributed by atoms with van der Waals surface area (Å²) in [6.07, 6.45) is 16.1. The molecule has 2 aromatic rings. The van der Waals surface area contributed by atoms with Gasteiger partial charge in [-0.2, -0.15) is 0 Å². The minimum Gasteiger partial charge on any atom is -0.368 e. The number of anilines is 2. The maximum absolute atomic E-state index is 13.7. The minimum absolute atomic E-state index is 0.384. The van der Waals surface area contributed by atoms with Crippen molar-refractivity contribution in [1.29, 1.82) is 0 Å². The Bertz CT molecular complexity index is 1070. The van der Waals surface area contributed by atoms with E-state index in [-0.39, 0.29) is 0 Å². The van der Waals surface area contributed by atoms with Gasteiger partial charge >= 0.3 is 0 Å². The van der Waals surface area contributed by atoms with Gasteiger partial charge < -0.3 is 4.90 Å². The van der Waals surface area contributed by atoms with Gasteiger partial charge in [0.1, 0.15) is 0 Å². The molecular formula is C30H45BrN2O2S. The second-order valence-electron chi connectivity index (χ2n) is 10.3. The highest BCUT2D eigenvalue weighted by molar-refractivity contribution is 9.10. The van der Waals surface area contributed by atoms with Crippen LogP contribution in [0.15, 0.2) is 45.8 Å². The molecule has 0 spiro atoms. The van der Waals surface area contributed by atoms with Gasteiger partial charge in [-0.3, -0.25) is 4.31 Å². The van der Waals surface area contributed by atoms with Crippen molar-refractivity contribution < 1.29 is 8.42 Å². The molecule has 4 nitrogen and oxygen atoms in total. The third-order valence-electron chi connectivity index (χ3n) is 7.37. The number of rotatable bonds is 15. The Morgan fingerprint density at radius 2 is 1.39 bits per heavy atom. The summed E-state index contributed by atoms with van der Waals surface area (Å²) in [7, 11) is -3.63. The molecule has 0 radical (unpaired) electrons. The fraction of sp³-hybridized carbons (Fsp3) is 0.600. The fourth-order valence-corrected chi connectivity index (χ4v) is 7.52. The zero-order chi connectivity index (χ0) is 26.0. The number of unbranched alkanes of at least 4 members (excludes halogenated alkanes) is 11. The highest BCUT2D eigenvalue weighted by atomic mass is 79.9. The van der Waals surface area contributed by atoms with Gasteiger partial charge in [0.2, 0.25) is 0 Å². The first-order valence-electron chi connectivity index (χ1n) is 14.0. The predicted octanol–water partition coefficient (Wildman–Crippen LogP) is 8.78. The Morgan fingerprint density at radius 3 is 2.00 bits per heavy atom. The molecule has 0 saturated carbocycles. The van der Waals surface area contributed by atoms with Crippen LogP contribution in [0.1, 0.15) is 95.1 Å². The number of fused-ring (bicyclic) bond motifs is 1. The molecule has 0 fully saturated rings. The topological polar surface area (TPSA) is 40.6 Å². The Balaban J connectivity index is 1.52. The molecule has 0 aliphatic carbocycles. The summed E-state index contributed by atoms with van der Waals surface area (Å²) in [6.45, 7) is 8.34. The van der Waals surface area contributed by atoms with Crippen LogP contribution in [-0.4, -0.2) is 28.1 Å². The molecular weight excluding hydrogens is 532 g/mol. The van der Waals surface area contributed by atoms with Crippen molar-refractivity contribution in [3.05, 3.63) is 52.0 Å². The van der Waals surface area contributed by atoms with E-state index in [2.05, 4.69) is 33.8 Å². The number of aryl methyl sites for hydroxylation is 2. The van der Waals surface area contributed by atoms with Gasteiger partial charge in [-0.05, 0) is 55.7 Å². The van der Waals surface area contributed by atoms with Gasteiger partial charge in [0.15, 0.2) is 0 Å². The molecule has 0 aromatic heterocycles. The van der Waals surface area contributed by atoms with Crippen LogP contribution in [0, 0.1) is 13.8 Å². The number of para-hydroxylation sites is 1. The Morgan fingerprint density at radius 1 is 0.778 bits per heavy atom. The van der Waals surface area contributed by atoms with Crippen LogP contribution >= 0.6 is 15.9 Å². The van der Waals surface area contributed by atoms with E-state index in [4.69, 9.17) is 0 Å². The van der Waals surface area contributed by atoms with E-state index in [0.29, 0.717) is 11.4 Å². The standard InChI is InChI=1S/C30H45BrN2O2S/c1-4-5-6-7-8-9-10-11-12-13-14-15-21-32-22-23-33(30-25(2)17-16-18-28(30)32)36(34,35)29-20-19-27(31)24-26(29)3/h16-20,24H,4-15,21-23H2,1-3H3. The smallest absolute Gasteiger partial charge is 0.264 e. The molecule has 0 atom stereocenters. The zero-order valence-electron chi connectivity index (χ0n) is 22.6. The van der Waals surface area contributed by atoms with Crippen LogP contribution in [0.2, 0.25) is 0 Å². The van der Waals surface area contributed by atoms with Crippen LogP contribution in [0.25, 0.3) is 0 Å². The van der Waals surface area contributed by atoms with E-state index in [9.17, 15) is 8.42 Å². The third kappa shape index (κ3) is 7.74. The first-order valence-corrected chi connectivity index (χ1v) is 16.2. The molecule has 0 amide bonds. The summed E-state index contributed by atoms with van der Waals surface area (Å²) in [5, 5.41) is 0. The SMILES string of the molecule is CCCCCCCCCCCCCCN1CCN(S(=O)(=O)c2ccc(Br)cc2C)c2c(C)cccc21. The van der Waals surface area contributed by atoms with Gasteiger partial charge in [-0.15, -0.1) is 0 Å². The lowest BCUT2D eigenvalue weighted by atomic mass is 10.0. The van der Waals surface area contributed by atoms with Gasteiger partial charge in [0.05, 0.1) is 22.8 Å². The number of nitrogens with zero attached hydrogens (tertiary/aromatic N) is 2. The van der Waals surface area contributed by atoms with Crippen molar-refractivity contribution in [2.24, 2.45) is 0 Å². The van der Waals surface area contributed by atoms with Crippen LogP contribution in [-0.2, 0) is 10.0 Å². The lowest BCUT2D eigenvalue weighted by molar-refractivity contribution is 0.542. The lowest BCUT2D eigenvalue weighted by Crippen LogP contribution is -2.45. The summed E-state index contributed by atoms with van der Waals surface area (Å²) >= 11 is 3.45. The molecule has 0 unspecified atom stereocenters.